The van der Waals surface area contributed by atoms with Crippen LogP contribution in [0.3, 0.4) is 0 Å². The molecule has 2 heterocycles. The summed E-state index contributed by atoms with van der Waals surface area (Å²) in [5.41, 5.74) is 10.8. The van der Waals surface area contributed by atoms with Crippen molar-refractivity contribution in [3.8, 4) is 50.6 Å². The van der Waals surface area contributed by atoms with Crippen molar-refractivity contribution in [2.24, 2.45) is 0 Å². The van der Waals surface area contributed by atoms with Crippen LogP contribution >= 0.6 is 11.3 Å². The Hall–Kier alpha value is -5.95. The maximum absolute atomic E-state index is 10.2. The van der Waals surface area contributed by atoms with Gasteiger partial charge in [-0.3, -0.25) is 0 Å². The Morgan fingerprint density at radius 1 is 0.457 bits per heavy atom. The third-order valence-corrected chi connectivity index (χ3v) is 10.1. The van der Waals surface area contributed by atoms with Crippen LogP contribution < -0.4 is 0 Å². The Morgan fingerprint density at radius 2 is 1.15 bits per heavy atom. The van der Waals surface area contributed by atoms with Gasteiger partial charge in [0.2, 0.25) is 0 Å². The molecule has 2 aromatic heterocycles. The zero-order valence-electron chi connectivity index (χ0n) is 24.7. The number of furan rings is 1. The molecule has 0 N–H and O–H groups in total. The average Bonchev–Trinajstić information content (AvgIpc) is 3.69. The molecule has 46 heavy (non-hydrogen) atoms. The van der Waals surface area contributed by atoms with Gasteiger partial charge in [-0.05, 0) is 81.4 Å². The monoisotopic (exact) mass is 603 g/mol. The van der Waals surface area contributed by atoms with Crippen LogP contribution in [0.25, 0.3) is 86.6 Å². The molecule has 0 radical (unpaired) electrons. The molecule has 214 valence electrons. The van der Waals surface area contributed by atoms with Crippen molar-refractivity contribution in [1.29, 1.82) is 5.26 Å². The number of para-hydroxylation sites is 2. The average molecular weight is 604 g/mol. The molecule has 0 aliphatic heterocycles. The molecule has 3 heteroatoms. The predicted octanol–water partition coefficient (Wildman–Crippen LogP) is 12.5. The molecule has 0 saturated carbocycles. The Balaban J connectivity index is 1.37. The summed E-state index contributed by atoms with van der Waals surface area (Å²) in [4.78, 5) is 0. The van der Waals surface area contributed by atoms with E-state index in [0.29, 0.717) is 5.56 Å². The quantitative estimate of drug-likeness (QED) is 0.201. The minimum atomic E-state index is 0.623. The van der Waals surface area contributed by atoms with Gasteiger partial charge in [0.05, 0.1) is 11.6 Å². The molecule has 2 nitrogen and oxygen atoms in total. The molecular weight excluding hydrogens is 579 g/mol. The Bertz CT molecular complexity index is 2650. The molecule has 9 rings (SSSR count). The van der Waals surface area contributed by atoms with E-state index < -0.39 is 0 Å². The maximum Gasteiger partial charge on any atom is 0.143 e. The van der Waals surface area contributed by atoms with Crippen molar-refractivity contribution in [3.05, 3.63) is 157 Å². The second-order valence-corrected chi connectivity index (χ2v) is 12.7. The normalized spacial score (nSPS) is 11.5. The summed E-state index contributed by atoms with van der Waals surface area (Å²) < 4.78 is 9.11. The number of hydrogen-bond acceptors (Lipinski definition) is 3. The fraction of sp³-hybridized carbons (Fsp3) is 0. The highest BCUT2D eigenvalue weighted by molar-refractivity contribution is 7.25. The second-order valence-electron chi connectivity index (χ2n) is 11.6. The van der Waals surface area contributed by atoms with E-state index in [0.717, 1.165) is 66.4 Å². The third-order valence-electron chi connectivity index (χ3n) is 8.90. The topological polar surface area (TPSA) is 36.9 Å². The van der Waals surface area contributed by atoms with Gasteiger partial charge < -0.3 is 4.42 Å². The highest BCUT2D eigenvalue weighted by atomic mass is 32.1. The molecule has 0 atom stereocenters. The molecule has 0 amide bonds. The van der Waals surface area contributed by atoms with Gasteiger partial charge in [0.25, 0.3) is 0 Å². The van der Waals surface area contributed by atoms with Crippen molar-refractivity contribution in [2.75, 3.05) is 0 Å². The minimum Gasteiger partial charge on any atom is -0.455 e. The first-order valence-corrected chi connectivity index (χ1v) is 16.1. The van der Waals surface area contributed by atoms with Crippen LogP contribution in [-0.2, 0) is 0 Å². The van der Waals surface area contributed by atoms with Crippen molar-refractivity contribution >= 4 is 53.4 Å². The number of nitriles is 1. The Kier molecular flexibility index (Phi) is 6.09. The molecule has 0 unspecified atom stereocenters. The molecule has 0 aliphatic rings. The molecule has 0 aliphatic carbocycles. The van der Waals surface area contributed by atoms with Crippen molar-refractivity contribution in [3.63, 3.8) is 0 Å². The van der Waals surface area contributed by atoms with E-state index in [2.05, 4.69) is 115 Å². The van der Waals surface area contributed by atoms with Crippen LogP contribution in [0.1, 0.15) is 5.56 Å². The summed E-state index contributed by atoms with van der Waals surface area (Å²) in [5, 5.41) is 14.9. The lowest BCUT2D eigenvalue weighted by atomic mass is 9.85. The van der Waals surface area contributed by atoms with Crippen LogP contribution in [0.15, 0.2) is 156 Å². The number of thiophene rings is 1. The molecule has 0 spiro atoms. The van der Waals surface area contributed by atoms with Crippen molar-refractivity contribution in [2.45, 2.75) is 0 Å². The number of hydrogen-bond donors (Lipinski definition) is 0. The Labute approximate surface area is 270 Å². The summed E-state index contributed by atoms with van der Waals surface area (Å²) in [6.07, 6.45) is 0. The van der Waals surface area contributed by atoms with Gasteiger partial charge in [-0.15, -0.1) is 11.3 Å². The zero-order valence-corrected chi connectivity index (χ0v) is 25.5. The Morgan fingerprint density at radius 3 is 2.04 bits per heavy atom. The minimum absolute atomic E-state index is 0.623. The summed E-state index contributed by atoms with van der Waals surface area (Å²) in [7, 11) is 0. The van der Waals surface area contributed by atoms with E-state index in [1.807, 2.05) is 53.8 Å². The van der Waals surface area contributed by atoms with E-state index in [1.54, 1.807) is 0 Å². The fourth-order valence-electron chi connectivity index (χ4n) is 6.81. The number of fused-ring (bicyclic) bond motifs is 6. The molecular formula is C43H25NOS. The molecule has 0 saturated heterocycles. The van der Waals surface area contributed by atoms with Crippen LogP contribution in [0, 0.1) is 11.3 Å². The smallest absolute Gasteiger partial charge is 0.143 e. The maximum atomic E-state index is 10.2. The number of rotatable bonds is 4. The number of benzene rings is 7. The lowest BCUT2D eigenvalue weighted by Crippen LogP contribution is -1.93. The molecule has 0 bridgehead atoms. The molecule has 9 aromatic rings. The van der Waals surface area contributed by atoms with Gasteiger partial charge in [-0.2, -0.15) is 5.26 Å². The molecule has 0 fully saturated rings. The van der Waals surface area contributed by atoms with Crippen molar-refractivity contribution < 1.29 is 4.42 Å². The number of nitrogens with zero attached hydrogens (tertiary/aromatic N) is 1. The van der Waals surface area contributed by atoms with Gasteiger partial charge in [0.1, 0.15) is 11.2 Å². The van der Waals surface area contributed by atoms with E-state index >= 15 is 0 Å². The highest BCUT2D eigenvalue weighted by Gasteiger charge is 2.20. The largest absolute Gasteiger partial charge is 0.455 e. The van der Waals surface area contributed by atoms with Gasteiger partial charge in [-0.1, -0.05) is 109 Å². The molecule has 7 aromatic carbocycles. The third kappa shape index (κ3) is 4.24. The van der Waals surface area contributed by atoms with Crippen LogP contribution in [0.2, 0.25) is 0 Å². The van der Waals surface area contributed by atoms with Gasteiger partial charge in [0.15, 0.2) is 0 Å². The fourth-order valence-corrected chi connectivity index (χ4v) is 7.90. The summed E-state index contributed by atoms with van der Waals surface area (Å²) in [6.45, 7) is 0. The predicted molar refractivity (Wildman–Crippen MR) is 193 cm³/mol. The van der Waals surface area contributed by atoms with Crippen molar-refractivity contribution in [1.82, 2.24) is 0 Å². The highest BCUT2D eigenvalue weighted by Crippen LogP contribution is 2.46. The van der Waals surface area contributed by atoms with Crippen LogP contribution in [-0.4, -0.2) is 0 Å². The summed E-state index contributed by atoms with van der Waals surface area (Å²) in [5.74, 6) is 0. The zero-order chi connectivity index (χ0) is 30.6. The first-order valence-electron chi connectivity index (χ1n) is 15.3. The van der Waals surface area contributed by atoms with Gasteiger partial charge in [-0.25, -0.2) is 0 Å². The van der Waals surface area contributed by atoms with E-state index in [-0.39, 0.29) is 0 Å². The van der Waals surface area contributed by atoms with E-state index in [1.165, 1.54) is 20.2 Å². The SMILES string of the molecule is N#Cc1cc(-c2ccccc2)cc(-c2c(-c3ccc4sc5ccccc5c4c3)cccc2-c2cccc3c2oc2ccccc23)c1. The van der Waals surface area contributed by atoms with Gasteiger partial charge >= 0.3 is 0 Å². The first kappa shape index (κ1) is 26.5. The van der Waals surface area contributed by atoms with E-state index in [4.69, 9.17) is 4.42 Å². The second kappa shape index (κ2) is 10.6. The van der Waals surface area contributed by atoms with E-state index in [9.17, 15) is 5.26 Å². The lowest BCUT2D eigenvalue weighted by molar-refractivity contribution is 0.670. The lowest BCUT2D eigenvalue weighted by Gasteiger charge is -2.18. The standard InChI is InChI=1S/C43H25NOS/c44-26-27-22-30(28-10-2-1-3-11-28)24-31(23-27)42-32(29-20-21-41-38(25-29)34-13-5-7-19-40(34)46-41)14-8-15-35(42)37-17-9-16-36-33-12-4-6-18-39(33)45-43(36)37/h1-25H. The first-order chi connectivity index (χ1) is 22.7. The van der Waals surface area contributed by atoms with Crippen LogP contribution in [0.5, 0.6) is 0 Å². The van der Waals surface area contributed by atoms with Gasteiger partial charge in [0, 0.05) is 36.5 Å². The summed E-state index contributed by atoms with van der Waals surface area (Å²) >= 11 is 1.83. The summed E-state index contributed by atoms with van der Waals surface area (Å²) in [6, 6.07) is 55.5. The van der Waals surface area contributed by atoms with Crippen LogP contribution in [0.4, 0.5) is 0 Å².